The zero-order valence-corrected chi connectivity index (χ0v) is 8.41. The Bertz CT molecular complexity index is 412. The Morgan fingerprint density at radius 3 is 2.50 bits per heavy atom. The minimum absolute atomic E-state index is 0.521. The molecule has 0 bridgehead atoms. The zero-order valence-electron chi connectivity index (χ0n) is 7.65. The first kappa shape index (κ1) is 9.22. The van der Waals surface area contributed by atoms with Crippen molar-refractivity contribution in [2.24, 2.45) is 0 Å². The number of rotatable bonds is 2. The van der Waals surface area contributed by atoms with Crippen molar-refractivity contribution in [2.75, 3.05) is 0 Å². The van der Waals surface area contributed by atoms with Crippen molar-refractivity contribution < 1.29 is 0 Å². The Morgan fingerprint density at radius 1 is 1.00 bits per heavy atom. The van der Waals surface area contributed by atoms with Crippen LogP contribution in [-0.2, 0) is 5.88 Å². The van der Waals surface area contributed by atoms with Gasteiger partial charge < -0.3 is 0 Å². The predicted octanol–water partition coefficient (Wildman–Crippen LogP) is 3.49. The van der Waals surface area contributed by atoms with E-state index in [0.29, 0.717) is 5.88 Å². The van der Waals surface area contributed by atoms with Gasteiger partial charge in [0.05, 0.1) is 5.69 Å². The maximum absolute atomic E-state index is 5.85. The maximum atomic E-state index is 5.85. The van der Waals surface area contributed by atoms with Gasteiger partial charge in [-0.15, -0.1) is 11.6 Å². The lowest BCUT2D eigenvalue weighted by molar-refractivity contribution is 1.29. The third kappa shape index (κ3) is 1.78. The molecule has 0 spiro atoms. The standard InChI is InChI=1S/C12H10ClN/c13-9-10-5-1-2-6-11(10)12-7-3-4-8-14-12/h1-8H,9H2. The van der Waals surface area contributed by atoms with Gasteiger partial charge in [-0.3, -0.25) is 4.98 Å². The van der Waals surface area contributed by atoms with E-state index in [2.05, 4.69) is 4.98 Å². The number of pyridine rings is 1. The molecule has 0 fully saturated rings. The van der Waals surface area contributed by atoms with Crippen LogP contribution >= 0.6 is 11.6 Å². The second kappa shape index (κ2) is 4.25. The summed E-state index contributed by atoms with van der Waals surface area (Å²) >= 11 is 5.85. The minimum Gasteiger partial charge on any atom is -0.256 e. The molecular weight excluding hydrogens is 194 g/mol. The summed E-state index contributed by atoms with van der Waals surface area (Å²) in [5.74, 6) is 0.521. The number of halogens is 1. The fourth-order valence-electron chi connectivity index (χ4n) is 1.41. The van der Waals surface area contributed by atoms with Gasteiger partial charge in [0.25, 0.3) is 0 Å². The smallest absolute Gasteiger partial charge is 0.0705 e. The molecule has 0 radical (unpaired) electrons. The summed E-state index contributed by atoms with van der Waals surface area (Å²) in [4.78, 5) is 4.30. The average molecular weight is 204 g/mol. The van der Waals surface area contributed by atoms with Gasteiger partial charge in [0.1, 0.15) is 0 Å². The molecule has 0 saturated heterocycles. The topological polar surface area (TPSA) is 12.9 Å². The predicted molar refractivity (Wildman–Crippen MR) is 59.2 cm³/mol. The minimum atomic E-state index is 0.521. The van der Waals surface area contributed by atoms with Crippen molar-refractivity contribution in [1.82, 2.24) is 4.98 Å². The summed E-state index contributed by atoms with van der Waals surface area (Å²) in [6.45, 7) is 0. The molecule has 2 aromatic rings. The van der Waals surface area contributed by atoms with E-state index in [9.17, 15) is 0 Å². The van der Waals surface area contributed by atoms with Crippen molar-refractivity contribution >= 4 is 11.6 Å². The summed E-state index contributed by atoms with van der Waals surface area (Å²) in [5.41, 5.74) is 3.21. The summed E-state index contributed by atoms with van der Waals surface area (Å²) in [5, 5.41) is 0. The van der Waals surface area contributed by atoms with E-state index < -0.39 is 0 Å². The highest BCUT2D eigenvalue weighted by molar-refractivity contribution is 6.17. The molecule has 1 aromatic heterocycles. The van der Waals surface area contributed by atoms with Gasteiger partial charge in [0, 0.05) is 17.6 Å². The van der Waals surface area contributed by atoms with E-state index in [1.54, 1.807) is 6.20 Å². The molecule has 1 heterocycles. The molecule has 0 atom stereocenters. The van der Waals surface area contributed by atoms with E-state index in [4.69, 9.17) is 11.6 Å². The third-order valence-electron chi connectivity index (χ3n) is 2.10. The van der Waals surface area contributed by atoms with E-state index >= 15 is 0 Å². The van der Waals surface area contributed by atoms with Gasteiger partial charge in [-0.2, -0.15) is 0 Å². The van der Waals surface area contributed by atoms with Crippen LogP contribution in [0.3, 0.4) is 0 Å². The van der Waals surface area contributed by atoms with Crippen LogP contribution in [-0.4, -0.2) is 4.98 Å². The van der Waals surface area contributed by atoms with E-state index in [1.807, 2.05) is 42.5 Å². The highest BCUT2D eigenvalue weighted by Crippen LogP contribution is 2.22. The van der Waals surface area contributed by atoms with Crippen LogP contribution in [0.4, 0.5) is 0 Å². The van der Waals surface area contributed by atoms with E-state index in [0.717, 1.165) is 16.8 Å². The molecule has 0 aliphatic heterocycles. The summed E-state index contributed by atoms with van der Waals surface area (Å²) in [6.07, 6.45) is 1.79. The number of hydrogen-bond donors (Lipinski definition) is 0. The first-order valence-corrected chi connectivity index (χ1v) is 5.00. The first-order valence-electron chi connectivity index (χ1n) is 4.47. The van der Waals surface area contributed by atoms with Crippen LogP contribution in [0.2, 0.25) is 0 Å². The molecule has 0 aliphatic rings. The molecule has 1 aromatic carbocycles. The summed E-state index contributed by atoms with van der Waals surface area (Å²) < 4.78 is 0. The van der Waals surface area contributed by atoms with Crippen LogP contribution < -0.4 is 0 Å². The molecule has 70 valence electrons. The Balaban J connectivity index is 2.51. The van der Waals surface area contributed by atoms with Crippen molar-refractivity contribution in [2.45, 2.75) is 5.88 Å². The quantitative estimate of drug-likeness (QED) is 0.681. The van der Waals surface area contributed by atoms with Gasteiger partial charge in [0.15, 0.2) is 0 Å². The van der Waals surface area contributed by atoms with Crippen LogP contribution in [0.5, 0.6) is 0 Å². The number of nitrogens with zero attached hydrogens (tertiary/aromatic N) is 1. The van der Waals surface area contributed by atoms with E-state index in [-0.39, 0.29) is 0 Å². The highest BCUT2D eigenvalue weighted by Gasteiger charge is 2.02. The van der Waals surface area contributed by atoms with Crippen LogP contribution in [0, 0.1) is 0 Å². The van der Waals surface area contributed by atoms with Crippen LogP contribution in [0.25, 0.3) is 11.3 Å². The Hall–Kier alpha value is -1.34. The second-order valence-corrected chi connectivity index (χ2v) is 3.27. The highest BCUT2D eigenvalue weighted by atomic mass is 35.5. The fourth-order valence-corrected chi connectivity index (χ4v) is 1.64. The first-order chi connectivity index (χ1) is 6.92. The maximum Gasteiger partial charge on any atom is 0.0705 e. The molecule has 0 saturated carbocycles. The SMILES string of the molecule is ClCc1ccccc1-c1ccccn1. The van der Waals surface area contributed by atoms with Gasteiger partial charge in [-0.05, 0) is 17.7 Å². The summed E-state index contributed by atoms with van der Waals surface area (Å²) in [6, 6.07) is 13.9. The molecule has 0 unspecified atom stereocenters. The third-order valence-corrected chi connectivity index (χ3v) is 2.39. The molecule has 2 heteroatoms. The molecule has 0 N–H and O–H groups in total. The molecule has 14 heavy (non-hydrogen) atoms. The van der Waals surface area contributed by atoms with Gasteiger partial charge >= 0.3 is 0 Å². The van der Waals surface area contributed by atoms with E-state index in [1.165, 1.54) is 0 Å². The van der Waals surface area contributed by atoms with Crippen molar-refractivity contribution in [3.63, 3.8) is 0 Å². The number of hydrogen-bond acceptors (Lipinski definition) is 1. The number of aromatic nitrogens is 1. The molecule has 0 aliphatic carbocycles. The Kier molecular flexibility index (Phi) is 2.80. The number of benzene rings is 1. The molecule has 0 amide bonds. The normalized spacial score (nSPS) is 10.1. The largest absolute Gasteiger partial charge is 0.256 e. The fraction of sp³-hybridized carbons (Fsp3) is 0.0833. The average Bonchev–Trinajstić information content (AvgIpc) is 2.30. The Labute approximate surface area is 88.4 Å². The van der Waals surface area contributed by atoms with Gasteiger partial charge in [0.2, 0.25) is 0 Å². The van der Waals surface area contributed by atoms with Crippen LogP contribution in [0.1, 0.15) is 5.56 Å². The summed E-state index contributed by atoms with van der Waals surface area (Å²) in [7, 11) is 0. The van der Waals surface area contributed by atoms with Gasteiger partial charge in [-0.25, -0.2) is 0 Å². The van der Waals surface area contributed by atoms with Crippen molar-refractivity contribution in [3.8, 4) is 11.3 Å². The van der Waals surface area contributed by atoms with Crippen molar-refractivity contribution in [1.29, 1.82) is 0 Å². The zero-order chi connectivity index (χ0) is 9.80. The molecule has 1 nitrogen and oxygen atoms in total. The monoisotopic (exact) mass is 203 g/mol. The molecule has 2 rings (SSSR count). The van der Waals surface area contributed by atoms with Gasteiger partial charge in [-0.1, -0.05) is 30.3 Å². The Morgan fingerprint density at radius 2 is 1.79 bits per heavy atom. The number of alkyl halides is 1. The lowest BCUT2D eigenvalue weighted by atomic mass is 10.1. The van der Waals surface area contributed by atoms with Crippen LogP contribution in [0.15, 0.2) is 48.7 Å². The molecular formula is C12H10ClN. The van der Waals surface area contributed by atoms with Crippen molar-refractivity contribution in [3.05, 3.63) is 54.2 Å². The second-order valence-electron chi connectivity index (χ2n) is 3.01. The lowest BCUT2D eigenvalue weighted by Gasteiger charge is -2.04. The lowest BCUT2D eigenvalue weighted by Crippen LogP contribution is -1.87.